The molecule has 0 bridgehead atoms. The van der Waals surface area contributed by atoms with Gasteiger partial charge in [-0.3, -0.25) is 10.1 Å². The number of carbonyl (C=O) groups excluding carboxylic acids is 1. The molecule has 7 heteroatoms. The summed E-state index contributed by atoms with van der Waals surface area (Å²) in [5, 5.41) is 9.77. The quantitative estimate of drug-likeness (QED) is 0.735. The normalized spacial score (nSPS) is 18.4. The van der Waals surface area contributed by atoms with Gasteiger partial charge in [0.05, 0.1) is 21.2 Å². The molecule has 0 aromatic carbocycles. The van der Waals surface area contributed by atoms with E-state index in [-0.39, 0.29) is 5.91 Å². The minimum absolute atomic E-state index is 0.108. The zero-order valence-corrected chi connectivity index (χ0v) is 16.4. The number of thiazole rings is 1. The third-order valence-electron chi connectivity index (χ3n) is 4.00. The molecule has 1 aliphatic carbocycles. The van der Waals surface area contributed by atoms with E-state index >= 15 is 0 Å². The minimum atomic E-state index is -0.108. The second-order valence-electron chi connectivity index (χ2n) is 6.59. The van der Waals surface area contributed by atoms with Gasteiger partial charge < -0.3 is 4.84 Å². The molecule has 1 atom stereocenters. The summed E-state index contributed by atoms with van der Waals surface area (Å²) in [7, 11) is 0. The van der Waals surface area contributed by atoms with Gasteiger partial charge in [0.1, 0.15) is 6.61 Å². The summed E-state index contributed by atoms with van der Waals surface area (Å²) < 4.78 is 0. The van der Waals surface area contributed by atoms with Crippen LogP contribution in [0.3, 0.4) is 0 Å². The molecule has 2 aromatic heterocycles. The van der Waals surface area contributed by atoms with Gasteiger partial charge >= 0.3 is 0 Å². The average Bonchev–Trinajstić information content (AvgIpc) is 3.21. The molecule has 25 heavy (non-hydrogen) atoms. The summed E-state index contributed by atoms with van der Waals surface area (Å²) in [6, 6.07) is 3.68. The van der Waals surface area contributed by atoms with Crippen LogP contribution in [0.25, 0.3) is 0 Å². The zero-order valence-electron chi connectivity index (χ0n) is 14.7. The summed E-state index contributed by atoms with van der Waals surface area (Å²) in [6.45, 7) is 6.96. The van der Waals surface area contributed by atoms with E-state index in [0.717, 1.165) is 35.5 Å². The highest BCUT2D eigenvalue weighted by Gasteiger charge is 2.29. The number of fused-ring (bicyclic) bond motifs is 1. The molecule has 134 valence electrons. The molecule has 0 saturated heterocycles. The Labute approximate surface area is 156 Å². The molecule has 0 spiro atoms. The van der Waals surface area contributed by atoms with Gasteiger partial charge in [-0.25, -0.2) is 4.98 Å². The first-order valence-electron chi connectivity index (χ1n) is 8.60. The van der Waals surface area contributed by atoms with Crippen LogP contribution < -0.4 is 5.32 Å². The number of hydrogen-bond acceptors (Lipinski definition) is 6. The van der Waals surface area contributed by atoms with E-state index in [1.807, 2.05) is 24.4 Å². The van der Waals surface area contributed by atoms with E-state index < -0.39 is 0 Å². The van der Waals surface area contributed by atoms with Gasteiger partial charge in [-0.15, -0.1) is 11.3 Å². The molecule has 3 rings (SSSR count). The van der Waals surface area contributed by atoms with Gasteiger partial charge in [-0.05, 0) is 49.5 Å². The molecule has 1 N–H and O–H groups in total. The Hall–Kier alpha value is -1.73. The number of amides is 1. The summed E-state index contributed by atoms with van der Waals surface area (Å²) in [6.07, 6.45) is 2.98. The lowest BCUT2D eigenvalue weighted by Gasteiger charge is -2.23. The minimum Gasteiger partial charge on any atom is -0.396 e. The molecule has 0 saturated carbocycles. The summed E-state index contributed by atoms with van der Waals surface area (Å²) in [5.74, 6) is 1.05. The summed E-state index contributed by atoms with van der Waals surface area (Å²) in [5.41, 5.74) is 1.99. The van der Waals surface area contributed by atoms with Crippen molar-refractivity contribution in [2.24, 2.45) is 17.0 Å². The molecular formula is C18H23N3O2S2. The van der Waals surface area contributed by atoms with E-state index in [1.54, 1.807) is 0 Å². The molecule has 2 heterocycles. The SMILES string of the molecule is CCO/N=C1\CC(CC(C)C)Cc2nc(NC(=O)c3cccs3)sc21. The van der Waals surface area contributed by atoms with Crippen molar-refractivity contribution in [2.75, 3.05) is 11.9 Å². The molecule has 5 nitrogen and oxygen atoms in total. The van der Waals surface area contributed by atoms with Crippen molar-refractivity contribution in [3.63, 3.8) is 0 Å². The van der Waals surface area contributed by atoms with Gasteiger partial charge in [-0.1, -0.05) is 36.4 Å². The van der Waals surface area contributed by atoms with Crippen LogP contribution in [-0.2, 0) is 11.3 Å². The van der Waals surface area contributed by atoms with Crippen LogP contribution in [0.2, 0.25) is 0 Å². The standard InChI is InChI=1S/C18H23N3O2S2/c1-4-23-21-14-10-12(8-11(2)3)9-13-16(14)25-18(19-13)20-17(22)15-6-5-7-24-15/h5-7,11-12H,4,8-10H2,1-3H3,(H,19,20,22)/b21-14+. The first-order valence-corrected chi connectivity index (χ1v) is 10.3. The fourth-order valence-corrected chi connectivity index (χ4v) is 4.70. The van der Waals surface area contributed by atoms with Gasteiger partial charge in [0.25, 0.3) is 5.91 Å². The predicted octanol–water partition coefficient (Wildman–Crippen LogP) is 4.81. The van der Waals surface area contributed by atoms with Crippen LogP contribution in [-0.4, -0.2) is 23.2 Å². The lowest BCUT2D eigenvalue weighted by Crippen LogP contribution is -2.21. The topological polar surface area (TPSA) is 63.6 Å². The van der Waals surface area contributed by atoms with Crippen LogP contribution in [0.1, 0.15) is 53.9 Å². The Morgan fingerprint density at radius 1 is 1.48 bits per heavy atom. The highest BCUT2D eigenvalue weighted by atomic mass is 32.1. The van der Waals surface area contributed by atoms with Gasteiger partial charge in [-0.2, -0.15) is 0 Å². The number of nitrogens with one attached hydrogen (secondary N) is 1. The maximum atomic E-state index is 12.3. The number of hydrogen-bond donors (Lipinski definition) is 1. The molecule has 1 aliphatic rings. The number of anilines is 1. The number of rotatable bonds is 6. The van der Waals surface area contributed by atoms with Gasteiger partial charge in [0, 0.05) is 0 Å². The van der Waals surface area contributed by atoms with Crippen molar-refractivity contribution in [1.82, 2.24) is 4.98 Å². The number of thiophene rings is 1. The first-order chi connectivity index (χ1) is 12.1. The molecule has 0 radical (unpaired) electrons. The molecule has 1 unspecified atom stereocenters. The van der Waals surface area contributed by atoms with Crippen molar-refractivity contribution in [1.29, 1.82) is 0 Å². The highest BCUT2D eigenvalue weighted by Crippen LogP contribution is 2.35. The van der Waals surface area contributed by atoms with Crippen LogP contribution >= 0.6 is 22.7 Å². The Kier molecular flexibility index (Phi) is 5.86. The van der Waals surface area contributed by atoms with E-state index in [1.165, 1.54) is 22.7 Å². The Morgan fingerprint density at radius 2 is 2.32 bits per heavy atom. The molecule has 0 fully saturated rings. The van der Waals surface area contributed by atoms with Crippen molar-refractivity contribution in [3.05, 3.63) is 33.0 Å². The fraction of sp³-hybridized carbons (Fsp3) is 0.500. The van der Waals surface area contributed by atoms with E-state index in [9.17, 15) is 4.79 Å². The fourth-order valence-electron chi connectivity index (χ4n) is 3.10. The third-order valence-corrected chi connectivity index (χ3v) is 5.93. The second kappa shape index (κ2) is 8.10. The van der Waals surface area contributed by atoms with Gasteiger partial charge in [0.15, 0.2) is 5.13 Å². The average molecular weight is 378 g/mol. The smallest absolute Gasteiger partial charge is 0.267 e. The monoisotopic (exact) mass is 377 g/mol. The molecule has 2 aromatic rings. The highest BCUT2D eigenvalue weighted by molar-refractivity contribution is 7.18. The lowest BCUT2D eigenvalue weighted by atomic mass is 9.84. The zero-order chi connectivity index (χ0) is 17.8. The molecule has 1 amide bonds. The second-order valence-corrected chi connectivity index (χ2v) is 8.53. The predicted molar refractivity (Wildman–Crippen MR) is 104 cm³/mol. The first kappa shape index (κ1) is 18.1. The van der Waals surface area contributed by atoms with Crippen molar-refractivity contribution >= 4 is 39.4 Å². The van der Waals surface area contributed by atoms with Crippen molar-refractivity contribution in [3.8, 4) is 0 Å². The van der Waals surface area contributed by atoms with Crippen LogP contribution in [0.15, 0.2) is 22.7 Å². The Morgan fingerprint density at radius 3 is 3.00 bits per heavy atom. The maximum absolute atomic E-state index is 12.3. The Balaban J connectivity index is 1.82. The van der Waals surface area contributed by atoms with Crippen LogP contribution in [0.4, 0.5) is 5.13 Å². The lowest BCUT2D eigenvalue weighted by molar-refractivity contribution is 0.103. The van der Waals surface area contributed by atoms with E-state index in [4.69, 9.17) is 4.84 Å². The van der Waals surface area contributed by atoms with Crippen molar-refractivity contribution in [2.45, 2.75) is 40.0 Å². The maximum Gasteiger partial charge on any atom is 0.267 e. The Bertz CT molecular complexity index is 750. The van der Waals surface area contributed by atoms with E-state index in [2.05, 4.69) is 29.3 Å². The largest absolute Gasteiger partial charge is 0.396 e. The van der Waals surface area contributed by atoms with Crippen LogP contribution in [0.5, 0.6) is 0 Å². The molecular weight excluding hydrogens is 354 g/mol. The third kappa shape index (κ3) is 4.46. The summed E-state index contributed by atoms with van der Waals surface area (Å²) >= 11 is 2.92. The number of carbonyl (C=O) groups is 1. The van der Waals surface area contributed by atoms with Gasteiger partial charge in [0.2, 0.25) is 0 Å². The number of aromatic nitrogens is 1. The van der Waals surface area contributed by atoms with Crippen LogP contribution in [0, 0.1) is 11.8 Å². The number of nitrogens with zero attached hydrogens (tertiary/aromatic N) is 2. The number of oxime groups is 1. The van der Waals surface area contributed by atoms with Crippen molar-refractivity contribution < 1.29 is 9.63 Å². The summed E-state index contributed by atoms with van der Waals surface area (Å²) in [4.78, 5) is 24.0. The molecule has 0 aliphatic heterocycles. The van der Waals surface area contributed by atoms with E-state index in [0.29, 0.717) is 28.5 Å².